The standard InChI is InChI=1S/C14H18N2O2/c1-9-3-5-11(6-4-9)12(15)8-16-13(17)7-10(2)14(16)18/h3-6,10,12H,7-8,15H2,1-2H3. The first-order valence-corrected chi connectivity index (χ1v) is 6.15. The molecule has 4 heteroatoms. The summed E-state index contributed by atoms with van der Waals surface area (Å²) in [7, 11) is 0. The minimum Gasteiger partial charge on any atom is -0.322 e. The Labute approximate surface area is 107 Å². The first-order chi connectivity index (χ1) is 8.49. The number of rotatable bonds is 3. The molecule has 1 aromatic rings. The molecule has 1 aromatic carbocycles. The van der Waals surface area contributed by atoms with Crippen molar-refractivity contribution in [2.45, 2.75) is 26.3 Å². The van der Waals surface area contributed by atoms with E-state index in [1.165, 1.54) is 4.90 Å². The summed E-state index contributed by atoms with van der Waals surface area (Å²) in [5.74, 6) is -0.430. The van der Waals surface area contributed by atoms with Crippen LogP contribution in [0, 0.1) is 12.8 Å². The Morgan fingerprint density at radius 1 is 1.33 bits per heavy atom. The van der Waals surface area contributed by atoms with Gasteiger partial charge < -0.3 is 5.73 Å². The monoisotopic (exact) mass is 246 g/mol. The Hall–Kier alpha value is -1.68. The molecular weight excluding hydrogens is 228 g/mol. The number of nitrogens with two attached hydrogens (primary N) is 1. The number of hydrogen-bond donors (Lipinski definition) is 1. The van der Waals surface area contributed by atoms with Gasteiger partial charge in [-0.15, -0.1) is 0 Å². The molecule has 96 valence electrons. The maximum atomic E-state index is 11.8. The molecular formula is C14H18N2O2. The zero-order valence-corrected chi connectivity index (χ0v) is 10.7. The van der Waals surface area contributed by atoms with Gasteiger partial charge in [-0.05, 0) is 12.5 Å². The van der Waals surface area contributed by atoms with Crippen LogP contribution in [0.1, 0.15) is 30.5 Å². The fraction of sp³-hybridized carbons (Fsp3) is 0.429. The van der Waals surface area contributed by atoms with Gasteiger partial charge in [-0.25, -0.2) is 0 Å². The average molecular weight is 246 g/mol. The van der Waals surface area contributed by atoms with E-state index in [2.05, 4.69) is 0 Å². The molecule has 0 spiro atoms. The van der Waals surface area contributed by atoms with E-state index < -0.39 is 0 Å². The molecule has 0 aliphatic carbocycles. The van der Waals surface area contributed by atoms with Crippen molar-refractivity contribution in [2.75, 3.05) is 6.54 Å². The summed E-state index contributed by atoms with van der Waals surface area (Å²) in [4.78, 5) is 24.7. The van der Waals surface area contributed by atoms with Crippen LogP contribution in [0.3, 0.4) is 0 Å². The van der Waals surface area contributed by atoms with E-state index >= 15 is 0 Å². The number of nitrogens with zero attached hydrogens (tertiary/aromatic N) is 1. The molecule has 0 saturated carbocycles. The van der Waals surface area contributed by atoms with Gasteiger partial charge in [0.15, 0.2) is 0 Å². The molecule has 1 fully saturated rings. The highest BCUT2D eigenvalue weighted by molar-refractivity contribution is 6.03. The first-order valence-electron chi connectivity index (χ1n) is 6.15. The SMILES string of the molecule is Cc1ccc(C(N)CN2C(=O)CC(C)C2=O)cc1. The molecule has 4 nitrogen and oxygen atoms in total. The fourth-order valence-corrected chi connectivity index (χ4v) is 2.16. The molecule has 0 bridgehead atoms. The second-order valence-corrected chi connectivity index (χ2v) is 4.96. The number of benzene rings is 1. The van der Waals surface area contributed by atoms with Gasteiger partial charge in [-0.3, -0.25) is 14.5 Å². The highest BCUT2D eigenvalue weighted by Gasteiger charge is 2.36. The predicted octanol–water partition coefficient (Wildman–Crippen LogP) is 1.39. The second-order valence-electron chi connectivity index (χ2n) is 4.96. The zero-order chi connectivity index (χ0) is 13.3. The fourth-order valence-electron chi connectivity index (χ4n) is 2.16. The average Bonchev–Trinajstić information content (AvgIpc) is 2.57. The second kappa shape index (κ2) is 4.90. The third kappa shape index (κ3) is 2.43. The zero-order valence-electron chi connectivity index (χ0n) is 10.7. The minimum absolute atomic E-state index is 0.109. The number of carbonyl (C=O) groups is 2. The number of carbonyl (C=O) groups excluding carboxylic acids is 2. The first kappa shape index (κ1) is 12.8. The van der Waals surface area contributed by atoms with Crippen molar-refractivity contribution in [3.63, 3.8) is 0 Å². The molecule has 1 heterocycles. The summed E-state index contributed by atoms with van der Waals surface area (Å²) in [5, 5.41) is 0. The van der Waals surface area contributed by atoms with E-state index in [9.17, 15) is 9.59 Å². The summed E-state index contributed by atoms with van der Waals surface area (Å²) in [6.07, 6.45) is 0.305. The Kier molecular flexibility index (Phi) is 3.48. The van der Waals surface area contributed by atoms with Crippen molar-refractivity contribution in [2.24, 2.45) is 11.7 Å². The van der Waals surface area contributed by atoms with E-state index in [0.29, 0.717) is 6.42 Å². The minimum atomic E-state index is -0.316. The highest BCUT2D eigenvalue weighted by atomic mass is 16.2. The predicted molar refractivity (Wildman–Crippen MR) is 68.6 cm³/mol. The largest absolute Gasteiger partial charge is 0.322 e. The molecule has 2 amide bonds. The van der Waals surface area contributed by atoms with Crippen LogP contribution in [0.15, 0.2) is 24.3 Å². The lowest BCUT2D eigenvalue weighted by molar-refractivity contribution is -0.139. The van der Waals surface area contributed by atoms with E-state index in [1.807, 2.05) is 31.2 Å². The van der Waals surface area contributed by atoms with E-state index in [1.54, 1.807) is 6.92 Å². The normalized spacial score (nSPS) is 21.5. The Bertz CT molecular complexity index is 467. The van der Waals surface area contributed by atoms with Crippen LogP contribution in [0.25, 0.3) is 0 Å². The lowest BCUT2D eigenvalue weighted by Crippen LogP contribution is -2.36. The van der Waals surface area contributed by atoms with Crippen molar-refractivity contribution in [3.8, 4) is 0 Å². The Morgan fingerprint density at radius 3 is 2.44 bits per heavy atom. The van der Waals surface area contributed by atoms with Gasteiger partial charge in [-0.2, -0.15) is 0 Å². The molecule has 2 unspecified atom stereocenters. The number of amides is 2. The topological polar surface area (TPSA) is 63.4 Å². The Balaban J connectivity index is 2.07. The molecule has 1 aliphatic rings. The third-order valence-corrected chi connectivity index (χ3v) is 3.35. The summed E-state index contributed by atoms with van der Waals surface area (Å²) in [6, 6.07) is 7.52. The number of imide groups is 1. The third-order valence-electron chi connectivity index (χ3n) is 3.35. The summed E-state index contributed by atoms with van der Waals surface area (Å²) >= 11 is 0. The van der Waals surface area contributed by atoms with Gasteiger partial charge in [0.1, 0.15) is 0 Å². The van der Waals surface area contributed by atoms with Gasteiger partial charge in [0.2, 0.25) is 11.8 Å². The van der Waals surface area contributed by atoms with Crippen LogP contribution in [0.5, 0.6) is 0 Å². The van der Waals surface area contributed by atoms with Crippen LogP contribution in [0.4, 0.5) is 0 Å². The lowest BCUT2D eigenvalue weighted by atomic mass is 10.1. The van der Waals surface area contributed by atoms with Crippen molar-refractivity contribution >= 4 is 11.8 Å². The number of hydrogen-bond acceptors (Lipinski definition) is 3. The van der Waals surface area contributed by atoms with Crippen LogP contribution in [0.2, 0.25) is 0 Å². The van der Waals surface area contributed by atoms with Gasteiger partial charge in [0, 0.05) is 24.9 Å². The molecule has 1 aliphatic heterocycles. The van der Waals surface area contributed by atoms with Gasteiger partial charge >= 0.3 is 0 Å². The van der Waals surface area contributed by atoms with Crippen molar-refractivity contribution in [1.29, 1.82) is 0 Å². The van der Waals surface area contributed by atoms with Crippen LogP contribution < -0.4 is 5.73 Å². The summed E-state index contributed by atoms with van der Waals surface area (Å²) < 4.78 is 0. The van der Waals surface area contributed by atoms with Gasteiger partial charge in [0.05, 0.1) is 0 Å². The van der Waals surface area contributed by atoms with E-state index in [4.69, 9.17) is 5.73 Å². The number of likely N-dealkylation sites (tertiary alicyclic amines) is 1. The molecule has 2 N–H and O–H groups in total. The maximum absolute atomic E-state index is 11.8. The highest BCUT2D eigenvalue weighted by Crippen LogP contribution is 2.21. The number of aryl methyl sites for hydroxylation is 1. The maximum Gasteiger partial charge on any atom is 0.232 e. The van der Waals surface area contributed by atoms with Gasteiger partial charge in [0.25, 0.3) is 0 Å². The molecule has 2 atom stereocenters. The van der Waals surface area contributed by atoms with E-state index in [0.717, 1.165) is 11.1 Å². The van der Waals surface area contributed by atoms with Crippen molar-refractivity contribution < 1.29 is 9.59 Å². The van der Waals surface area contributed by atoms with Crippen LogP contribution in [-0.4, -0.2) is 23.3 Å². The molecule has 1 saturated heterocycles. The van der Waals surface area contributed by atoms with Crippen LogP contribution in [-0.2, 0) is 9.59 Å². The van der Waals surface area contributed by atoms with Crippen molar-refractivity contribution in [3.05, 3.63) is 35.4 Å². The molecule has 18 heavy (non-hydrogen) atoms. The Morgan fingerprint density at radius 2 is 1.94 bits per heavy atom. The van der Waals surface area contributed by atoms with Gasteiger partial charge in [-0.1, -0.05) is 36.8 Å². The summed E-state index contributed by atoms with van der Waals surface area (Å²) in [5.41, 5.74) is 8.15. The van der Waals surface area contributed by atoms with E-state index in [-0.39, 0.29) is 30.3 Å². The molecule has 0 aromatic heterocycles. The molecule has 2 rings (SSSR count). The quantitative estimate of drug-likeness (QED) is 0.820. The van der Waals surface area contributed by atoms with Crippen LogP contribution >= 0.6 is 0 Å². The smallest absolute Gasteiger partial charge is 0.232 e. The van der Waals surface area contributed by atoms with Crippen molar-refractivity contribution in [1.82, 2.24) is 4.90 Å². The molecule has 0 radical (unpaired) electrons. The lowest BCUT2D eigenvalue weighted by Gasteiger charge is -2.20. The summed E-state index contributed by atoms with van der Waals surface area (Å²) in [6.45, 7) is 4.05.